The van der Waals surface area contributed by atoms with Crippen molar-refractivity contribution in [3.05, 3.63) is 48.0 Å². The summed E-state index contributed by atoms with van der Waals surface area (Å²) in [5.74, 6) is -0.765. The molecule has 2 atom stereocenters. The lowest BCUT2D eigenvalue weighted by Gasteiger charge is -2.29. The van der Waals surface area contributed by atoms with Crippen LogP contribution in [-0.4, -0.2) is 24.0 Å². The molecule has 4 nitrogen and oxygen atoms in total. The van der Waals surface area contributed by atoms with Gasteiger partial charge in [0.15, 0.2) is 0 Å². The molecule has 0 saturated heterocycles. The second-order valence-electron chi connectivity index (χ2n) is 5.96. The Kier molecular flexibility index (Phi) is 4.74. The molecule has 0 bridgehead atoms. The summed E-state index contributed by atoms with van der Waals surface area (Å²) in [7, 11) is 0. The molecule has 0 saturated carbocycles. The molecule has 2 aromatic carbocycles. The van der Waals surface area contributed by atoms with Gasteiger partial charge in [-0.05, 0) is 36.6 Å². The number of hydrogen-bond acceptors (Lipinski definition) is 4. The number of nitrogens with zero attached hydrogens (tertiary/aromatic N) is 2. The first kappa shape index (κ1) is 16.4. The van der Waals surface area contributed by atoms with Gasteiger partial charge in [-0.25, -0.2) is 0 Å². The molecule has 0 amide bonds. The van der Waals surface area contributed by atoms with E-state index < -0.39 is 5.92 Å². The molecule has 0 fully saturated rings. The molecule has 24 heavy (non-hydrogen) atoms. The van der Waals surface area contributed by atoms with Crippen LogP contribution < -0.4 is 0 Å². The molecule has 1 aliphatic heterocycles. The van der Waals surface area contributed by atoms with Gasteiger partial charge in [-0.3, -0.25) is 4.79 Å². The van der Waals surface area contributed by atoms with Gasteiger partial charge in [-0.15, -0.1) is 0 Å². The lowest BCUT2D eigenvalue weighted by Crippen LogP contribution is -2.36. The van der Waals surface area contributed by atoms with Crippen molar-refractivity contribution in [3.8, 4) is 0 Å². The summed E-state index contributed by atoms with van der Waals surface area (Å²) in [6, 6.07) is 14.4. The molecular weight excluding hydrogens is 300 g/mol. The number of benzene rings is 2. The fraction of sp³-hybridized carbons (Fsp3) is 0.350. The number of carbonyl (C=O) groups excluding carboxylic acids is 1. The number of carbonyl (C=O) groups is 1. The average Bonchev–Trinajstić information content (AvgIpc) is 2.61. The van der Waals surface area contributed by atoms with Crippen LogP contribution in [0.3, 0.4) is 0 Å². The van der Waals surface area contributed by atoms with Crippen molar-refractivity contribution >= 4 is 28.2 Å². The van der Waals surface area contributed by atoms with Crippen LogP contribution in [0.5, 0.6) is 0 Å². The van der Waals surface area contributed by atoms with E-state index in [1.54, 1.807) is 0 Å². The zero-order valence-electron chi connectivity index (χ0n) is 14.3. The van der Waals surface area contributed by atoms with Crippen molar-refractivity contribution < 1.29 is 9.53 Å². The van der Waals surface area contributed by atoms with E-state index in [9.17, 15) is 4.79 Å². The van der Waals surface area contributed by atoms with Crippen LogP contribution in [0.1, 0.15) is 38.7 Å². The van der Waals surface area contributed by atoms with Crippen LogP contribution in [0.2, 0.25) is 0 Å². The Morgan fingerprint density at radius 1 is 1.08 bits per heavy atom. The molecule has 1 heterocycles. The largest absolute Gasteiger partial charge is 0.465 e. The highest BCUT2D eigenvalue weighted by Gasteiger charge is 2.39. The Morgan fingerprint density at radius 3 is 2.58 bits per heavy atom. The van der Waals surface area contributed by atoms with E-state index in [2.05, 4.69) is 41.4 Å². The normalized spacial score (nSPS) is 20.5. The summed E-state index contributed by atoms with van der Waals surface area (Å²) in [5.41, 5.74) is 2.75. The van der Waals surface area contributed by atoms with Gasteiger partial charge in [0.2, 0.25) is 0 Å². The van der Waals surface area contributed by atoms with E-state index in [4.69, 9.17) is 4.74 Å². The smallest absolute Gasteiger partial charge is 0.315 e. The molecule has 0 aromatic heterocycles. The van der Waals surface area contributed by atoms with Gasteiger partial charge in [0.05, 0.1) is 12.3 Å². The SMILES string of the molecule is CCOC(=O)C1C(C)=NN=C(CC)C1c1cccc2ccccc12. The predicted octanol–water partition coefficient (Wildman–Crippen LogP) is 4.34. The van der Waals surface area contributed by atoms with Crippen molar-refractivity contribution in [1.82, 2.24) is 0 Å². The minimum atomic E-state index is -0.414. The average molecular weight is 322 g/mol. The minimum Gasteiger partial charge on any atom is -0.465 e. The quantitative estimate of drug-likeness (QED) is 0.786. The first-order chi connectivity index (χ1) is 11.7. The van der Waals surface area contributed by atoms with E-state index in [0.29, 0.717) is 12.3 Å². The van der Waals surface area contributed by atoms with Crippen molar-refractivity contribution in [2.24, 2.45) is 16.1 Å². The number of ether oxygens (including phenoxy) is 1. The van der Waals surface area contributed by atoms with Crippen LogP contribution in [0.25, 0.3) is 10.8 Å². The zero-order chi connectivity index (χ0) is 17.1. The highest BCUT2D eigenvalue weighted by molar-refractivity contribution is 6.11. The Labute approximate surface area is 142 Å². The summed E-state index contributed by atoms with van der Waals surface area (Å²) in [5, 5.41) is 10.9. The Bertz CT molecular complexity index is 818. The molecular formula is C20H22N2O2. The molecule has 2 aromatic rings. The van der Waals surface area contributed by atoms with Crippen molar-refractivity contribution in [2.45, 2.75) is 33.1 Å². The lowest BCUT2D eigenvalue weighted by atomic mass is 9.77. The van der Waals surface area contributed by atoms with Crippen LogP contribution in [0.4, 0.5) is 0 Å². The van der Waals surface area contributed by atoms with Crippen molar-refractivity contribution in [2.75, 3.05) is 6.61 Å². The van der Waals surface area contributed by atoms with E-state index in [1.165, 1.54) is 0 Å². The zero-order valence-corrected chi connectivity index (χ0v) is 14.3. The van der Waals surface area contributed by atoms with Crippen molar-refractivity contribution in [1.29, 1.82) is 0 Å². The number of rotatable bonds is 4. The Balaban J connectivity index is 2.18. The van der Waals surface area contributed by atoms with E-state index in [1.807, 2.05) is 32.0 Å². The van der Waals surface area contributed by atoms with E-state index in [-0.39, 0.29) is 11.9 Å². The van der Waals surface area contributed by atoms with Gasteiger partial charge >= 0.3 is 5.97 Å². The second kappa shape index (κ2) is 6.95. The molecule has 2 unspecified atom stereocenters. The summed E-state index contributed by atoms with van der Waals surface area (Å²) in [4.78, 5) is 12.6. The van der Waals surface area contributed by atoms with Gasteiger partial charge in [-0.1, -0.05) is 49.4 Å². The van der Waals surface area contributed by atoms with Crippen LogP contribution >= 0.6 is 0 Å². The second-order valence-corrected chi connectivity index (χ2v) is 5.96. The minimum absolute atomic E-state index is 0.127. The third-order valence-corrected chi connectivity index (χ3v) is 4.54. The van der Waals surface area contributed by atoms with Gasteiger partial charge in [0.25, 0.3) is 0 Å². The first-order valence-corrected chi connectivity index (χ1v) is 8.42. The Morgan fingerprint density at radius 2 is 1.83 bits per heavy atom. The fourth-order valence-corrected chi connectivity index (χ4v) is 3.41. The van der Waals surface area contributed by atoms with Crippen LogP contribution in [-0.2, 0) is 9.53 Å². The van der Waals surface area contributed by atoms with Gasteiger partial charge < -0.3 is 4.74 Å². The highest BCUT2D eigenvalue weighted by atomic mass is 16.5. The molecule has 4 heteroatoms. The first-order valence-electron chi connectivity index (χ1n) is 8.42. The predicted molar refractivity (Wildman–Crippen MR) is 97.6 cm³/mol. The highest BCUT2D eigenvalue weighted by Crippen LogP contribution is 2.36. The fourth-order valence-electron chi connectivity index (χ4n) is 3.41. The summed E-state index contributed by atoms with van der Waals surface area (Å²) < 4.78 is 5.33. The molecule has 0 aliphatic carbocycles. The third kappa shape index (κ3) is 2.84. The standard InChI is InChI=1S/C20H22N2O2/c1-4-17-19(18(13(3)21-22-17)20(23)24-5-2)16-12-8-10-14-9-6-7-11-15(14)16/h6-12,18-19H,4-5H2,1-3H3. The summed E-state index contributed by atoms with van der Waals surface area (Å²) >= 11 is 0. The van der Waals surface area contributed by atoms with Crippen LogP contribution in [0.15, 0.2) is 52.7 Å². The van der Waals surface area contributed by atoms with Gasteiger partial charge in [-0.2, -0.15) is 10.2 Å². The van der Waals surface area contributed by atoms with E-state index >= 15 is 0 Å². The molecule has 3 rings (SSSR count). The van der Waals surface area contributed by atoms with Crippen molar-refractivity contribution in [3.63, 3.8) is 0 Å². The topological polar surface area (TPSA) is 51.0 Å². The lowest BCUT2D eigenvalue weighted by molar-refractivity contribution is -0.145. The molecule has 124 valence electrons. The van der Waals surface area contributed by atoms with E-state index in [0.717, 1.165) is 28.5 Å². The molecule has 1 aliphatic rings. The number of hydrogen-bond donors (Lipinski definition) is 0. The maximum Gasteiger partial charge on any atom is 0.315 e. The summed E-state index contributed by atoms with van der Waals surface area (Å²) in [6.45, 7) is 6.10. The third-order valence-electron chi connectivity index (χ3n) is 4.54. The molecule has 0 radical (unpaired) electrons. The van der Waals surface area contributed by atoms with Crippen LogP contribution in [0, 0.1) is 5.92 Å². The van der Waals surface area contributed by atoms with Gasteiger partial charge in [0.1, 0.15) is 5.92 Å². The summed E-state index contributed by atoms with van der Waals surface area (Å²) in [6.07, 6.45) is 0.751. The maximum atomic E-state index is 12.6. The monoisotopic (exact) mass is 322 g/mol. The maximum absolute atomic E-state index is 12.6. The Hall–Kier alpha value is -2.49. The van der Waals surface area contributed by atoms with Gasteiger partial charge in [0, 0.05) is 11.6 Å². The number of esters is 1. The molecule has 0 spiro atoms. The number of fused-ring (bicyclic) bond motifs is 1. The molecule has 0 N–H and O–H groups in total.